The van der Waals surface area contributed by atoms with E-state index in [2.05, 4.69) is 10.6 Å². The Labute approximate surface area is 133 Å². The highest BCUT2D eigenvalue weighted by atomic mass is 32.1. The standard InChI is InChI=1S/C16H16F2N2OS/c1-2-21-15-6-4-3-5-11(15)10-19-16(22)20-12-7-8-13(17)14(18)9-12/h3-9H,2,10H2,1H3,(H2,19,20,22). The normalized spacial score (nSPS) is 10.1. The number of anilines is 1. The van der Waals surface area contributed by atoms with Crippen molar-refractivity contribution in [3.63, 3.8) is 0 Å². The highest BCUT2D eigenvalue weighted by Crippen LogP contribution is 2.18. The summed E-state index contributed by atoms with van der Waals surface area (Å²) in [5.74, 6) is -1.03. The van der Waals surface area contributed by atoms with Crippen molar-refractivity contribution >= 4 is 23.0 Å². The molecule has 0 spiro atoms. The van der Waals surface area contributed by atoms with Gasteiger partial charge in [0.15, 0.2) is 16.7 Å². The van der Waals surface area contributed by atoms with Crippen LogP contribution in [0.2, 0.25) is 0 Å². The molecule has 2 aromatic rings. The molecule has 2 aromatic carbocycles. The van der Waals surface area contributed by atoms with Gasteiger partial charge in [-0.3, -0.25) is 0 Å². The van der Waals surface area contributed by atoms with Crippen LogP contribution in [0.15, 0.2) is 42.5 Å². The zero-order valence-corrected chi connectivity index (χ0v) is 12.8. The Morgan fingerprint density at radius 3 is 2.64 bits per heavy atom. The number of halogens is 2. The summed E-state index contributed by atoms with van der Waals surface area (Å²) in [5, 5.41) is 6.13. The van der Waals surface area contributed by atoms with Gasteiger partial charge in [-0.15, -0.1) is 0 Å². The Kier molecular flexibility index (Phi) is 5.66. The topological polar surface area (TPSA) is 33.3 Å². The van der Waals surface area contributed by atoms with Crippen LogP contribution >= 0.6 is 12.2 Å². The van der Waals surface area contributed by atoms with E-state index in [0.717, 1.165) is 23.4 Å². The third-order valence-corrected chi connectivity index (χ3v) is 3.14. The number of hydrogen-bond donors (Lipinski definition) is 2. The van der Waals surface area contributed by atoms with E-state index in [9.17, 15) is 8.78 Å². The van der Waals surface area contributed by atoms with E-state index in [1.165, 1.54) is 6.07 Å². The number of rotatable bonds is 5. The van der Waals surface area contributed by atoms with Gasteiger partial charge in [0.25, 0.3) is 0 Å². The Morgan fingerprint density at radius 2 is 1.91 bits per heavy atom. The molecule has 0 amide bonds. The van der Waals surface area contributed by atoms with Gasteiger partial charge in [-0.2, -0.15) is 0 Å². The average molecular weight is 322 g/mol. The number of ether oxygens (including phenoxy) is 1. The lowest BCUT2D eigenvalue weighted by atomic mass is 10.2. The smallest absolute Gasteiger partial charge is 0.171 e. The summed E-state index contributed by atoms with van der Waals surface area (Å²) >= 11 is 5.14. The first kappa shape index (κ1) is 16.2. The molecule has 0 aromatic heterocycles. The molecule has 0 atom stereocenters. The largest absolute Gasteiger partial charge is 0.494 e. The van der Waals surface area contributed by atoms with Crippen molar-refractivity contribution in [2.75, 3.05) is 11.9 Å². The maximum absolute atomic E-state index is 13.1. The van der Waals surface area contributed by atoms with E-state index in [1.54, 1.807) is 0 Å². The van der Waals surface area contributed by atoms with Crippen molar-refractivity contribution in [3.05, 3.63) is 59.7 Å². The van der Waals surface area contributed by atoms with Gasteiger partial charge in [-0.25, -0.2) is 8.78 Å². The van der Waals surface area contributed by atoms with E-state index in [0.29, 0.717) is 24.0 Å². The number of para-hydroxylation sites is 1. The minimum Gasteiger partial charge on any atom is -0.494 e. The van der Waals surface area contributed by atoms with Gasteiger partial charge >= 0.3 is 0 Å². The fourth-order valence-corrected chi connectivity index (χ4v) is 2.06. The van der Waals surface area contributed by atoms with Crippen molar-refractivity contribution in [1.29, 1.82) is 0 Å². The van der Waals surface area contributed by atoms with E-state index in [4.69, 9.17) is 17.0 Å². The average Bonchev–Trinajstić information content (AvgIpc) is 2.50. The van der Waals surface area contributed by atoms with Crippen molar-refractivity contribution < 1.29 is 13.5 Å². The molecule has 0 unspecified atom stereocenters. The summed E-state index contributed by atoms with van der Waals surface area (Å²) < 4.78 is 31.5. The summed E-state index contributed by atoms with van der Waals surface area (Å²) in [4.78, 5) is 0. The summed E-state index contributed by atoms with van der Waals surface area (Å²) in [6.07, 6.45) is 0. The second-order valence-corrected chi connectivity index (χ2v) is 4.89. The molecule has 0 radical (unpaired) electrons. The van der Waals surface area contributed by atoms with Crippen LogP contribution in [0.1, 0.15) is 12.5 Å². The number of thiocarbonyl (C=S) groups is 1. The van der Waals surface area contributed by atoms with Gasteiger partial charge < -0.3 is 15.4 Å². The van der Waals surface area contributed by atoms with E-state index in [1.807, 2.05) is 31.2 Å². The van der Waals surface area contributed by atoms with Crippen LogP contribution in [0.25, 0.3) is 0 Å². The molecule has 0 saturated carbocycles. The third kappa shape index (κ3) is 4.39. The minimum atomic E-state index is -0.922. The second-order valence-electron chi connectivity index (χ2n) is 4.48. The molecule has 3 nitrogen and oxygen atoms in total. The first-order valence-corrected chi connectivity index (χ1v) is 7.21. The van der Waals surface area contributed by atoms with E-state index >= 15 is 0 Å². The molecular weight excluding hydrogens is 306 g/mol. The molecule has 0 aliphatic rings. The molecular formula is C16H16F2N2OS. The lowest BCUT2D eigenvalue weighted by Crippen LogP contribution is -2.28. The van der Waals surface area contributed by atoms with Gasteiger partial charge in [-0.05, 0) is 37.3 Å². The predicted molar refractivity (Wildman–Crippen MR) is 87.0 cm³/mol. The zero-order valence-electron chi connectivity index (χ0n) is 12.0. The van der Waals surface area contributed by atoms with Crippen molar-refractivity contribution in [3.8, 4) is 5.75 Å². The number of nitrogens with one attached hydrogen (secondary N) is 2. The first-order chi connectivity index (χ1) is 10.6. The van der Waals surface area contributed by atoms with Gasteiger partial charge in [-0.1, -0.05) is 18.2 Å². The van der Waals surface area contributed by atoms with Gasteiger partial charge in [0, 0.05) is 23.9 Å². The van der Waals surface area contributed by atoms with Gasteiger partial charge in [0.1, 0.15) is 5.75 Å². The Balaban J connectivity index is 1.94. The molecule has 6 heteroatoms. The second kappa shape index (κ2) is 7.70. The molecule has 0 saturated heterocycles. The Bertz CT molecular complexity index is 664. The fourth-order valence-electron chi connectivity index (χ4n) is 1.87. The highest BCUT2D eigenvalue weighted by molar-refractivity contribution is 7.80. The van der Waals surface area contributed by atoms with Crippen LogP contribution in [0.5, 0.6) is 5.75 Å². The molecule has 2 rings (SSSR count). The Morgan fingerprint density at radius 1 is 1.14 bits per heavy atom. The molecule has 0 aliphatic carbocycles. The quantitative estimate of drug-likeness (QED) is 0.819. The van der Waals surface area contributed by atoms with Gasteiger partial charge in [0.05, 0.1) is 6.61 Å². The molecule has 2 N–H and O–H groups in total. The maximum Gasteiger partial charge on any atom is 0.171 e. The van der Waals surface area contributed by atoms with Crippen LogP contribution in [0.3, 0.4) is 0 Å². The summed E-state index contributed by atoms with van der Waals surface area (Å²) in [5.41, 5.74) is 1.34. The molecule has 0 aliphatic heterocycles. The lowest BCUT2D eigenvalue weighted by molar-refractivity contribution is 0.336. The third-order valence-electron chi connectivity index (χ3n) is 2.89. The van der Waals surface area contributed by atoms with Crippen LogP contribution in [-0.2, 0) is 6.54 Å². The maximum atomic E-state index is 13.1. The fraction of sp³-hybridized carbons (Fsp3) is 0.188. The number of benzene rings is 2. The minimum absolute atomic E-state index is 0.317. The number of hydrogen-bond acceptors (Lipinski definition) is 2. The lowest BCUT2D eigenvalue weighted by Gasteiger charge is -2.13. The van der Waals surface area contributed by atoms with Crippen molar-refractivity contribution in [2.24, 2.45) is 0 Å². The van der Waals surface area contributed by atoms with Crippen LogP contribution in [0, 0.1) is 11.6 Å². The molecule has 0 heterocycles. The zero-order chi connectivity index (χ0) is 15.9. The van der Waals surface area contributed by atoms with Crippen LogP contribution < -0.4 is 15.4 Å². The molecule has 0 fully saturated rings. The molecule has 0 bridgehead atoms. The molecule has 116 valence electrons. The SMILES string of the molecule is CCOc1ccccc1CNC(=S)Nc1ccc(F)c(F)c1. The summed E-state index contributed by atoms with van der Waals surface area (Å²) in [6, 6.07) is 11.1. The van der Waals surface area contributed by atoms with Crippen molar-refractivity contribution in [1.82, 2.24) is 5.32 Å². The van der Waals surface area contributed by atoms with Crippen LogP contribution in [0.4, 0.5) is 14.5 Å². The summed E-state index contributed by atoms with van der Waals surface area (Å²) in [7, 11) is 0. The van der Waals surface area contributed by atoms with Crippen LogP contribution in [-0.4, -0.2) is 11.7 Å². The summed E-state index contributed by atoms with van der Waals surface area (Å²) in [6.45, 7) is 2.96. The Hall–Kier alpha value is -2.21. The first-order valence-electron chi connectivity index (χ1n) is 6.80. The monoisotopic (exact) mass is 322 g/mol. The van der Waals surface area contributed by atoms with E-state index in [-0.39, 0.29) is 0 Å². The predicted octanol–water partition coefficient (Wildman–Crippen LogP) is 3.85. The van der Waals surface area contributed by atoms with Crippen molar-refractivity contribution in [2.45, 2.75) is 13.5 Å². The highest BCUT2D eigenvalue weighted by Gasteiger charge is 2.06. The van der Waals surface area contributed by atoms with E-state index < -0.39 is 11.6 Å². The molecule has 22 heavy (non-hydrogen) atoms. The van der Waals surface area contributed by atoms with Gasteiger partial charge in [0.2, 0.25) is 0 Å².